The summed E-state index contributed by atoms with van der Waals surface area (Å²) < 4.78 is 6.63. The highest BCUT2D eigenvalue weighted by molar-refractivity contribution is 6.12. The Labute approximate surface area is 395 Å². The second kappa shape index (κ2) is 17.7. The Morgan fingerprint density at radius 2 is 0.691 bits per heavy atom. The summed E-state index contributed by atoms with van der Waals surface area (Å²) in [6.07, 6.45) is 0. The summed E-state index contributed by atoms with van der Waals surface area (Å²) in [6, 6.07) is 89.0. The number of nitrogens with zero attached hydrogens (tertiary/aromatic N) is 4. The number of para-hydroxylation sites is 1. The van der Waals surface area contributed by atoms with Gasteiger partial charge in [0.2, 0.25) is 0 Å². The van der Waals surface area contributed by atoms with Crippen molar-refractivity contribution in [2.45, 2.75) is 0 Å². The van der Waals surface area contributed by atoms with Crippen molar-refractivity contribution in [3.8, 4) is 78.7 Å². The topological polar surface area (TPSA) is 55.1 Å². The zero-order valence-electron chi connectivity index (χ0n) is 36.9. The van der Waals surface area contributed by atoms with E-state index in [2.05, 4.69) is 187 Å². The minimum absolute atomic E-state index is 0.594. The highest BCUT2D eigenvalue weighted by atomic mass is 16.3. The predicted molar refractivity (Wildman–Crippen MR) is 280 cm³/mol. The average Bonchev–Trinajstić information content (AvgIpc) is 3.81. The number of furan rings is 1. The van der Waals surface area contributed by atoms with E-state index in [-0.39, 0.29) is 0 Å². The lowest BCUT2D eigenvalue weighted by molar-refractivity contribution is 0.669. The van der Waals surface area contributed by atoms with E-state index in [1.165, 1.54) is 16.7 Å². The summed E-state index contributed by atoms with van der Waals surface area (Å²) in [7, 11) is 0. The molecule has 2 heterocycles. The zero-order valence-corrected chi connectivity index (χ0v) is 36.9. The number of hydrogen-bond donors (Lipinski definition) is 0. The van der Waals surface area contributed by atoms with Crippen LogP contribution in [0.25, 0.3) is 101 Å². The first-order valence-electron chi connectivity index (χ1n) is 22.8. The highest BCUT2D eigenvalue weighted by Gasteiger charge is 2.20. The molecule has 0 radical (unpaired) electrons. The number of rotatable bonds is 10. The van der Waals surface area contributed by atoms with Crippen molar-refractivity contribution in [3.05, 3.63) is 255 Å². The Morgan fingerprint density at radius 1 is 0.279 bits per heavy atom. The molecule has 5 nitrogen and oxygen atoms in total. The monoisotopic (exact) mass is 870 g/mol. The first-order valence-corrected chi connectivity index (χ1v) is 22.8. The number of aromatic nitrogens is 3. The molecule has 0 aliphatic rings. The SMILES string of the molecule is c1ccc(-c2ccc(-c3ccc(N(c4ccc(-c5ccc6c(c5)oc5cccc(-c7nc(-c8ccccc8)nc(-c8ccccc8)n7)c56)cc4)c4ccccc4-c4ccccc4)cc3)cc2)cc1. The maximum Gasteiger partial charge on any atom is 0.164 e. The lowest BCUT2D eigenvalue weighted by Crippen LogP contribution is -2.11. The Kier molecular flexibility index (Phi) is 10.5. The van der Waals surface area contributed by atoms with Crippen LogP contribution in [-0.4, -0.2) is 15.0 Å². The van der Waals surface area contributed by atoms with Crippen LogP contribution in [0.5, 0.6) is 0 Å². The van der Waals surface area contributed by atoms with Gasteiger partial charge in [-0.05, 0) is 87.5 Å². The van der Waals surface area contributed by atoms with Crippen LogP contribution in [0.15, 0.2) is 259 Å². The van der Waals surface area contributed by atoms with Crippen LogP contribution in [0.2, 0.25) is 0 Å². The summed E-state index contributed by atoms with van der Waals surface area (Å²) in [4.78, 5) is 17.4. The predicted octanol–water partition coefficient (Wildman–Crippen LogP) is 16.9. The van der Waals surface area contributed by atoms with E-state index in [0.717, 1.165) is 83.5 Å². The second-order valence-electron chi connectivity index (χ2n) is 16.8. The molecule has 0 unspecified atom stereocenters. The molecule has 0 saturated carbocycles. The molecule has 12 aromatic rings. The fourth-order valence-electron chi connectivity index (χ4n) is 9.17. The van der Waals surface area contributed by atoms with Crippen molar-refractivity contribution in [1.82, 2.24) is 15.0 Å². The van der Waals surface area contributed by atoms with E-state index in [4.69, 9.17) is 19.4 Å². The smallest absolute Gasteiger partial charge is 0.164 e. The number of anilines is 3. The molecule has 2 aromatic heterocycles. The maximum absolute atomic E-state index is 6.63. The molecule has 320 valence electrons. The molecular weight excluding hydrogens is 829 g/mol. The van der Waals surface area contributed by atoms with E-state index in [0.29, 0.717) is 17.5 Å². The van der Waals surface area contributed by atoms with Gasteiger partial charge in [0.25, 0.3) is 0 Å². The Bertz CT molecular complexity index is 3630. The van der Waals surface area contributed by atoms with Gasteiger partial charge in [0.15, 0.2) is 17.5 Å². The van der Waals surface area contributed by atoms with Gasteiger partial charge in [0.1, 0.15) is 11.2 Å². The summed E-state index contributed by atoms with van der Waals surface area (Å²) >= 11 is 0. The Balaban J connectivity index is 0.902. The fourth-order valence-corrected chi connectivity index (χ4v) is 9.17. The molecule has 0 N–H and O–H groups in total. The third-order valence-corrected chi connectivity index (χ3v) is 12.6. The summed E-state index contributed by atoms with van der Waals surface area (Å²) in [6.45, 7) is 0. The lowest BCUT2D eigenvalue weighted by atomic mass is 9.99. The molecule has 0 aliphatic carbocycles. The molecule has 0 saturated heterocycles. The maximum atomic E-state index is 6.63. The molecule has 0 aliphatic heterocycles. The normalized spacial score (nSPS) is 11.2. The van der Waals surface area contributed by atoms with Gasteiger partial charge in [-0.3, -0.25) is 0 Å². The Morgan fingerprint density at radius 3 is 1.25 bits per heavy atom. The van der Waals surface area contributed by atoms with Gasteiger partial charge in [-0.25, -0.2) is 15.0 Å². The van der Waals surface area contributed by atoms with Gasteiger partial charge in [-0.2, -0.15) is 0 Å². The van der Waals surface area contributed by atoms with Crippen LogP contribution in [0.3, 0.4) is 0 Å². The van der Waals surface area contributed by atoms with E-state index in [9.17, 15) is 0 Å². The number of benzene rings is 10. The molecule has 68 heavy (non-hydrogen) atoms. The third-order valence-electron chi connectivity index (χ3n) is 12.6. The second-order valence-corrected chi connectivity index (χ2v) is 16.8. The molecule has 0 amide bonds. The first-order chi connectivity index (χ1) is 33.7. The van der Waals surface area contributed by atoms with Gasteiger partial charge in [-0.15, -0.1) is 0 Å². The zero-order chi connectivity index (χ0) is 45.2. The third kappa shape index (κ3) is 7.78. The summed E-state index contributed by atoms with van der Waals surface area (Å²) in [5.41, 5.74) is 16.7. The largest absolute Gasteiger partial charge is 0.456 e. The molecule has 12 rings (SSSR count). The molecule has 0 bridgehead atoms. The van der Waals surface area contributed by atoms with Crippen LogP contribution in [0.4, 0.5) is 17.1 Å². The molecule has 0 fully saturated rings. The van der Waals surface area contributed by atoms with E-state index in [1.807, 2.05) is 72.8 Å². The van der Waals surface area contributed by atoms with Crippen LogP contribution in [-0.2, 0) is 0 Å². The van der Waals surface area contributed by atoms with Crippen molar-refractivity contribution in [2.75, 3.05) is 4.90 Å². The lowest BCUT2D eigenvalue weighted by Gasteiger charge is -2.28. The fraction of sp³-hybridized carbons (Fsp3) is 0. The highest BCUT2D eigenvalue weighted by Crippen LogP contribution is 2.43. The van der Waals surface area contributed by atoms with Crippen molar-refractivity contribution in [2.24, 2.45) is 0 Å². The minimum Gasteiger partial charge on any atom is -0.456 e. The van der Waals surface area contributed by atoms with Crippen LogP contribution in [0, 0.1) is 0 Å². The van der Waals surface area contributed by atoms with Crippen molar-refractivity contribution in [1.29, 1.82) is 0 Å². The molecule has 0 spiro atoms. The molecular formula is C63H42N4O. The van der Waals surface area contributed by atoms with E-state index in [1.54, 1.807) is 0 Å². The van der Waals surface area contributed by atoms with Crippen molar-refractivity contribution < 1.29 is 4.42 Å². The van der Waals surface area contributed by atoms with Gasteiger partial charge in [0.05, 0.1) is 5.69 Å². The summed E-state index contributed by atoms with van der Waals surface area (Å²) in [5.74, 6) is 1.83. The van der Waals surface area contributed by atoms with Crippen molar-refractivity contribution >= 4 is 39.0 Å². The number of hydrogen-bond acceptors (Lipinski definition) is 5. The van der Waals surface area contributed by atoms with Gasteiger partial charge >= 0.3 is 0 Å². The minimum atomic E-state index is 0.594. The molecule has 10 aromatic carbocycles. The molecule has 0 atom stereocenters. The standard InChI is InChI=1S/C63H42N4O/c1-5-16-43(17-6-1)44-28-30-45(31-29-44)46-32-37-52(38-33-46)67(57-26-14-13-24-54(57)48-18-7-2-8-19-48)53-39-34-47(35-40-53)51-36-41-55-59(42-51)68-58-27-15-25-56(60(55)58)63-65-61(49-20-9-3-10-21-49)64-62(66-63)50-22-11-4-12-23-50/h1-42H. The van der Waals surface area contributed by atoms with Gasteiger partial charge < -0.3 is 9.32 Å². The first kappa shape index (κ1) is 40.3. The Hall–Kier alpha value is -9.19. The quantitative estimate of drug-likeness (QED) is 0.137. The van der Waals surface area contributed by atoms with Gasteiger partial charge in [0, 0.05) is 44.4 Å². The van der Waals surface area contributed by atoms with E-state index < -0.39 is 0 Å². The van der Waals surface area contributed by atoms with Gasteiger partial charge in [-0.1, -0.05) is 206 Å². The van der Waals surface area contributed by atoms with Crippen LogP contribution < -0.4 is 4.90 Å². The average molecular weight is 871 g/mol. The van der Waals surface area contributed by atoms with Crippen molar-refractivity contribution in [3.63, 3.8) is 0 Å². The van der Waals surface area contributed by atoms with E-state index >= 15 is 0 Å². The van der Waals surface area contributed by atoms with Crippen LogP contribution >= 0.6 is 0 Å². The number of fused-ring (bicyclic) bond motifs is 3. The van der Waals surface area contributed by atoms with Crippen LogP contribution in [0.1, 0.15) is 0 Å². The summed E-state index contributed by atoms with van der Waals surface area (Å²) in [5, 5.41) is 1.97. The molecule has 5 heteroatoms.